The number of carbonyl (C=O) groups excluding carboxylic acids is 1. The zero-order chi connectivity index (χ0) is 28.5. The summed E-state index contributed by atoms with van der Waals surface area (Å²) >= 11 is 0. The molecule has 1 atom stereocenters. The number of nitrogen functional groups attached to an aromatic ring is 1. The molecule has 5 heterocycles. The fourth-order valence-corrected chi connectivity index (χ4v) is 5.02. The number of furan rings is 1. The Morgan fingerprint density at radius 1 is 1.17 bits per heavy atom. The van der Waals surface area contributed by atoms with Gasteiger partial charge < -0.3 is 30.6 Å². The van der Waals surface area contributed by atoms with Crippen molar-refractivity contribution in [3.8, 4) is 11.5 Å². The molecular formula is C27H30FN9O4. The molecule has 6 rings (SSSR count). The molecule has 1 saturated heterocycles. The normalized spacial score (nSPS) is 15.1. The van der Waals surface area contributed by atoms with Gasteiger partial charge in [-0.2, -0.15) is 19.7 Å². The van der Waals surface area contributed by atoms with Crippen molar-refractivity contribution in [2.24, 2.45) is 0 Å². The first-order valence-corrected chi connectivity index (χ1v) is 13.3. The molecule has 0 spiro atoms. The number of nitrogens with one attached hydrogen (secondary N) is 1. The highest BCUT2D eigenvalue weighted by Crippen LogP contribution is 2.27. The molecule has 1 unspecified atom stereocenters. The monoisotopic (exact) mass is 563 g/mol. The van der Waals surface area contributed by atoms with Gasteiger partial charge in [0.15, 0.2) is 11.4 Å². The van der Waals surface area contributed by atoms with Crippen LogP contribution in [0.15, 0.2) is 53.3 Å². The van der Waals surface area contributed by atoms with Crippen LogP contribution >= 0.6 is 0 Å². The van der Waals surface area contributed by atoms with E-state index in [4.69, 9.17) is 15.3 Å². The van der Waals surface area contributed by atoms with Crippen LogP contribution in [-0.4, -0.2) is 97.4 Å². The van der Waals surface area contributed by atoms with Crippen LogP contribution in [0.2, 0.25) is 0 Å². The van der Waals surface area contributed by atoms with Crippen molar-refractivity contribution in [2.45, 2.75) is 12.6 Å². The van der Waals surface area contributed by atoms with Gasteiger partial charge in [-0.15, -0.1) is 0 Å². The van der Waals surface area contributed by atoms with Gasteiger partial charge in [-0.1, -0.05) is 0 Å². The quantitative estimate of drug-likeness (QED) is 0.203. The average Bonchev–Trinajstić information content (AvgIpc) is 3.75. The first-order valence-electron chi connectivity index (χ1n) is 13.3. The van der Waals surface area contributed by atoms with E-state index in [1.165, 1.54) is 6.07 Å². The number of hydrogen-bond acceptors (Lipinski definition) is 10. The maximum Gasteiger partial charge on any atom is 0.251 e. The summed E-state index contributed by atoms with van der Waals surface area (Å²) < 4.78 is 23.8. The van der Waals surface area contributed by atoms with Gasteiger partial charge in [0.05, 0.1) is 48.3 Å². The number of anilines is 2. The van der Waals surface area contributed by atoms with Crippen LogP contribution in [0.25, 0.3) is 28.0 Å². The second kappa shape index (κ2) is 11.2. The highest BCUT2D eigenvalue weighted by Gasteiger charge is 2.22. The summed E-state index contributed by atoms with van der Waals surface area (Å²) in [5.74, 6) is -0.0954. The Labute approximate surface area is 233 Å². The lowest BCUT2D eigenvalue weighted by molar-refractivity contribution is 0.0801. The number of rotatable bonds is 9. The first-order chi connectivity index (χ1) is 19.9. The Morgan fingerprint density at radius 2 is 2.00 bits per heavy atom. The van der Waals surface area contributed by atoms with Crippen molar-refractivity contribution in [3.63, 3.8) is 0 Å². The number of amides is 1. The largest absolute Gasteiger partial charge is 0.463 e. The zero-order valence-corrected chi connectivity index (χ0v) is 22.1. The summed E-state index contributed by atoms with van der Waals surface area (Å²) in [4.78, 5) is 21.0. The summed E-state index contributed by atoms with van der Waals surface area (Å²) in [6.07, 6.45) is 2.30. The number of aromatic nitrogens is 5. The molecule has 1 aromatic carbocycles. The molecule has 214 valence electrons. The highest BCUT2D eigenvalue weighted by atomic mass is 19.1. The minimum atomic E-state index is -1.06. The Kier molecular flexibility index (Phi) is 7.26. The molecule has 4 aromatic heterocycles. The second-order valence-corrected chi connectivity index (χ2v) is 9.92. The van der Waals surface area contributed by atoms with Crippen molar-refractivity contribution in [1.29, 1.82) is 0 Å². The third-order valence-corrected chi connectivity index (χ3v) is 7.27. The van der Waals surface area contributed by atoms with E-state index in [1.54, 1.807) is 35.2 Å². The molecule has 5 N–H and O–H groups in total. The summed E-state index contributed by atoms with van der Waals surface area (Å²) in [6.45, 7) is 3.48. The van der Waals surface area contributed by atoms with Gasteiger partial charge in [-0.3, -0.25) is 9.69 Å². The van der Waals surface area contributed by atoms with E-state index in [0.29, 0.717) is 42.4 Å². The van der Waals surface area contributed by atoms with Crippen LogP contribution in [0, 0.1) is 5.82 Å². The highest BCUT2D eigenvalue weighted by molar-refractivity contribution is 5.95. The van der Waals surface area contributed by atoms with Crippen molar-refractivity contribution < 1.29 is 23.8 Å². The maximum atomic E-state index is 14.9. The molecule has 41 heavy (non-hydrogen) atoms. The summed E-state index contributed by atoms with van der Waals surface area (Å²) in [5.41, 5.74) is 8.96. The molecule has 5 aromatic rings. The number of aliphatic hydroxyl groups excluding tert-OH is 2. The van der Waals surface area contributed by atoms with E-state index in [0.717, 1.165) is 30.5 Å². The van der Waals surface area contributed by atoms with E-state index >= 15 is 0 Å². The average molecular weight is 564 g/mol. The molecular weight excluding hydrogens is 533 g/mol. The standard InChI is InChI=1S/C27H30FN9O4/c28-20-12-17(26(40)30-14-18(39)16-38)3-4-22(20)35-8-5-34(6-9-35)7-10-36-25-19(15-31-36)23-13-21(24-2-1-11-41-24)33-37(23)27(29)32-25/h1-4,11-13,15,18,38-39H,5-10,14,16H2,(H2,29,32)(H,30,40). The lowest BCUT2D eigenvalue weighted by Crippen LogP contribution is -2.47. The van der Waals surface area contributed by atoms with Gasteiger partial charge >= 0.3 is 0 Å². The molecule has 0 saturated carbocycles. The van der Waals surface area contributed by atoms with E-state index in [1.807, 2.05) is 21.7 Å². The molecule has 0 radical (unpaired) electrons. The molecule has 14 heteroatoms. The fourth-order valence-electron chi connectivity index (χ4n) is 5.02. The van der Waals surface area contributed by atoms with Crippen LogP contribution in [0.3, 0.4) is 0 Å². The third kappa shape index (κ3) is 5.31. The predicted octanol–water partition coefficient (Wildman–Crippen LogP) is 0.966. The predicted molar refractivity (Wildman–Crippen MR) is 149 cm³/mol. The van der Waals surface area contributed by atoms with Gasteiger partial charge in [-0.25, -0.2) is 9.07 Å². The number of halogens is 1. The number of carbonyl (C=O) groups is 1. The molecule has 0 aliphatic carbocycles. The minimum Gasteiger partial charge on any atom is -0.463 e. The van der Waals surface area contributed by atoms with Crippen LogP contribution < -0.4 is 16.0 Å². The Hall–Kier alpha value is -4.53. The molecule has 1 amide bonds. The number of piperazine rings is 1. The first kappa shape index (κ1) is 26.7. The zero-order valence-electron chi connectivity index (χ0n) is 22.1. The number of hydrogen-bond donors (Lipinski definition) is 4. The lowest BCUT2D eigenvalue weighted by atomic mass is 10.1. The summed E-state index contributed by atoms with van der Waals surface area (Å²) in [6, 6.07) is 9.90. The number of aliphatic hydroxyl groups is 2. The SMILES string of the molecule is Nc1nc2c(cnn2CCN2CCN(c3ccc(C(=O)NCC(O)CO)cc3F)CC2)c2cc(-c3ccco3)nn12. The summed E-state index contributed by atoms with van der Waals surface area (Å²) in [5, 5.41) is 30.7. The van der Waals surface area contributed by atoms with E-state index in [2.05, 4.69) is 25.4 Å². The topological polar surface area (TPSA) is 163 Å². The fraction of sp³-hybridized carbons (Fsp3) is 0.333. The lowest BCUT2D eigenvalue weighted by Gasteiger charge is -2.36. The second-order valence-electron chi connectivity index (χ2n) is 9.92. The van der Waals surface area contributed by atoms with Gasteiger partial charge in [0, 0.05) is 44.8 Å². The van der Waals surface area contributed by atoms with Crippen LogP contribution in [-0.2, 0) is 6.54 Å². The van der Waals surface area contributed by atoms with Gasteiger partial charge in [0.2, 0.25) is 5.95 Å². The Balaban J connectivity index is 1.07. The van der Waals surface area contributed by atoms with Gasteiger partial charge in [0.25, 0.3) is 5.91 Å². The van der Waals surface area contributed by atoms with Crippen molar-refractivity contribution >= 4 is 34.1 Å². The third-order valence-electron chi connectivity index (χ3n) is 7.27. The van der Waals surface area contributed by atoms with Crippen molar-refractivity contribution in [1.82, 2.24) is 34.6 Å². The molecule has 1 aliphatic heterocycles. The van der Waals surface area contributed by atoms with Crippen LogP contribution in [0.1, 0.15) is 10.4 Å². The Morgan fingerprint density at radius 3 is 2.73 bits per heavy atom. The molecule has 1 fully saturated rings. The Bertz CT molecular complexity index is 1680. The van der Waals surface area contributed by atoms with Gasteiger partial charge in [0.1, 0.15) is 11.5 Å². The maximum absolute atomic E-state index is 14.9. The number of nitrogens with two attached hydrogens (primary N) is 1. The number of benzene rings is 1. The van der Waals surface area contributed by atoms with E-state index < -0.39 is 24.4 Å². The van der Waals surface area contributed by atoms with Crippen LogP contribution in [0.4, 0.5) is 16.0 Å². The van der Waals surface area contributed by atoms with E-state index in [-0.39, 0.29) is 18.1 Å². The molecule has 0 bridgehead atoms. The number of fused-ring (bicyclic) bond motifs is 3. The summed E-state index contributed by atoms with van der Waals surface area (Å²) in [7, 11) is 0. The van der Waals surface area contributed by atoms with Crippen molar-refractivity contribution in [2.75, 3.05) is 56.5 Å². The molecule has 1 aliphatic rings. The van der Waals surface area contributed by atoms with Gasteiger partial charge in [-0.05, 0) is 36.4 Å². The molecule has 13 nitrogen and oxygen atoms in total. The number of nitrogens with zero attached hydrogens (tertiary/aromatic N) is 7. The smallest absolute Gasteiger partial charge is 0.251 e. The minimum absolute atomic E-state index is 0.112. The van der Waals surface area contributed by atoms with Crippen LogP contribution in [0.5, 0.6) is 0 Å². The van der Waals surface area contributed by atoms with E-state index in [9.17, 15) is 14.3 Å². The van der Waals surface area contributed by atoms with Crippen molar-refractivity contribution in [3.05, 3.63) is 60.2 Å².